The molecule has 0 aliphatic heterocycles. The second-order valence-corrected chi connectivity index (χ2v) is 4.29. The van der Waals surface area contributed by atoms with E-state index in [1.54, 1.807) is 17.8 Å². The van der Waals surface area contributed by atoms with Crippen LogP contribution in [-0.2, 0) is 13.5 Å². The van der Waals surface area contributed by atoms with Crippen molar-refractivity contribution in [2.75, 3.05) is 6.54 Å². The molecule has 0 bridgehead atoms. The highest BCUT2D eigenvalue weighted by atomic mass is 16.2. The molecule has 0 aliphatic carbocycles. The van der Waals surface area contributed by atoms with E-state index in [1.807, 2.05) is 25.1 Å². The summed E-state index contributed by atoms with van der Waals surface area (Å²) in [5, 5.41) is 7.06. The first-order valence-electron chi connectivity index (χ1n) is 5.99. The predicted octanol–water partition coefficient (Wildman–Crippen LogP) is 1.70. The van der Waals surface area contributed by atoms with E-state index in [2.05, 4.69) is 22.5 Å². The van der Waals surface area contributed by atoms with Crippen LogP contribution in [0.3, 0.4) is 0 Å². The number of aromatic nitrogens is 2. The molecule has 0 spiro atoms. The minimum absolute atomic E-state index is 0.0750. The first-order valence-corrected chi connectivity index (χ1v) is 5.99. The first-order chi connectivity index (χ1) is 8.66. The molecule has 2 aromatic rings. The lowest BCUT2D eigenvalue weighted by atomic mass is 10.1. The summed E-state index contributed by atoms with van der Waals surface area (Å²) in [6.07, 6.45) is 0.837. The van der Waals surface area contributed by atoms with Crippen LogP contribution >= 0.6 is 0 Å². The fourth-order valence-electron chi connectivity index (χ4n) is 1.88. The van der Waals surface area contributed by atoms with Crippen molar-refractivity contribution < 1.29 is 4.79 Å². The summed E-state index contributed by atoms with van der Waals surface area (Å²) in [5.41, 5.74) is 2.67. The van der Waals surface area contributed by atoms with Gasteiger partial charge >= 0.3 is 0 Å². The van der Waals surface area contributed by atoms with Gasteiger partial charge in [-0.05, 0) is 25.0 Å². The first kappa shape index (κ1) is 12.4. The van der Waals surface area contributed by atoms with Gasteiger partial charge in [0.05, 0.1) is 5.69 Å². The van der Waals surface area contributed by atoms with Crippen LogP contribution in [0, 0.1) is 6.92 Å². The Hall–Kier alpha value is -2.10. The molecule has 1 amide bonds. The Kier molecular flexibility index (Phi) is 3.77. The lowest BCUT2D eigenvalue weighted by molar-refractivity contribution is 0.0945. The average molecular weight is 243 g/mol. The Bertz CT molecular complexity index is 531. The Morgan fingerprint density at radius 3 is 2.67 bits per heavy atom. The minimum atomic E-state index is -0.0750. The third kappa shape index (κ3) is 2.97. The zero-order chi connectivity index (χ0) is 13.0. The van der Waals surface area contributed by atoms with E-state index in [1.165, 1.54) is 5.56 Å². The van der Waals surface area contributed by atoms with Gasteiger partial charge in [0.2, 0.25) is 0 Å². The van der Waals surface area contributed by atoms with Crippen molar-refractivity contribution in [3.05, 3.63) is 53.3 Å². The lowest BCUT2D eigenvalue weighted by Gasteiger charge is -2.05. The number of rotatable bonds is 4. The number of carbonyl (C=O) groups excluding carboxylic acids is 1. The van der Waals surface area contributed by atoms with Crippen LogP contribution in [0.2, 0.25) is 0 Å². The molecule has 18 heavy (non-hydrogen) atoms. The molecule has 1 aromatic heterocycles. The maximum atomic E-state index is 11.9. The zero-order valence-corrected chi connectivity index (χ0v) is 10.7. The van der Waals surface area contributed by atoms with Crippen molar-refractivity contribution in [3.8, 4) is 0 Å². The van der Waals surface area contributed by atoms with Crippen molar-refractivity contribution >= 4 is 5.91 Å². The molecule has 4 nitrogen and oxygen atoms in total. The molecule has 1 N–H and O–H groups in total. The van der Waals surface area contributed by atoms with Crippen LogP contribution in [0.1, 0.15) is 21.7 Å². The Morgan fingerprint density at radius 1 is 1.33 bits per heavy atom. The molecule has 0 fully saturated rings. The molecule has 4 heteroatoms. The number of benzene rings is 1. The summed E-state index contributed by atoms with van der Waals surface area (Å²) < 4.78 is 1.60. The van der Waals surface area contributed by atoms with Crippen molar-refractivity contribution in [2.45, 2.75) is 13.3 Å². The van der Waals surface area contributed by atoms with Gasteiger partial charge in [0.15, 0.2) is 0 Å². The van der Waals surface area contributed by atoms with Gasteiger partial charge in [0.1, 0.15) is 5.69 Å². The smallest absolute Gasteiger partial charge is 0.269 e. The Balaban J connectivity index is 1.87. The zero-order valence-electron chi connectivity index (χ0n) is 10.7. The number of nitrogens with zero attached hydrogens (tertiary/aromatic N) is 2. The highest BCUT2D eigenvalue weighted by Gasteiger charge is 2.10. The molecule has 0 atom stereocenters. The van der Waals surface area contributed by atoms with E-state index in [0.29, 0.717) is 12.2 Å². The van der Waals surface area contributed by atoms with Crippen LogP contribution in [0.5, 0.6) is 0 Å². The number of carbonyl (C=O) groups is 1. The van der Waals surface area contributed by atoms with Gasteiger partial charge in [-0.2, -0.15) is 5.10 Å². The van der Waals surface area contributed by atoms with Crippen LogP contribution < -0.4 is 5.32 Å². The highest BCUT2D eigenvalue weighted by Crippen LogP contribution is 2.02. The van der Waals surface area contributed by atoms with E-state index in [9.17, 15) is 4.79 Å². The third-order valence-electron chi connectivity index (χ3n) is 2.78. The van der Waals surface area contributed by atoms with Crippen LogP contribution in [0.4, 0.5) is 0 Å². The van der Waals surface area contributed by atoms with Gasteiger partial charge in [-0.25, -0.2) is 0 Å². The molecule has 0 saturated carbocycles. The number of amides is 1. The third-order valence-corrected chi connectivity index (χ3v) is 2.78. The van der Waals surface area contributed by atoms with E-state index in [4.69, 9.17) is 0 Å². The quantitative estimate of drug-likeness (QED) is 0.888. The molecule has 94 valence electrons. The van der Waals surface area contributed by atoms with E-state index >= 15 is 0 Å². The molecule has 1 heterocycles. The summed E-state index contributed by atoms with van der Waals surface area (Å²) in [7, 11) is 1.78. The van der Waals surface area contributed by atoms with Crippen molar-refractivity contribution in [1.82, 2.24) is 15.1 Å². The Morgan fingerprint density at radius 2 is 2.06 bits per heavy atom. The average Bonchev–Trinajstić information content (AvgIpc) is 2.70. The second-order valence-electron chi connectivity index (χ2n) is 4.29. The second kappa shape index (κ2) is 5.49. The monoisotopic (exact) mass is 243 g/mol. The number of aryl methyl sites for hydroxylation is 2. The minimum Gasteiger partial charge on any atom is -0.350 e. The van der Waals surface area contributed by atoms with Gasteiger partial charge in [-0.1, -0.05) is 30.3 Å². The molecule has 0 radical (unpaired) electrons. The SMILES string of the molecule is Cc1cc(C(=O)NCCc2ccccc2)n(C)n1. The van der Waals surface area contributed by atoms with Gasteiger partial charge in [0.25, 0.3) is 5.91 Å². The molecule has 1 aromatic carbocycles. The lowest BCUT2D eigenvalue weighted by Crippen LogP contribution is -2.27. The molecule has 0 aliphatic rings. The maximum absolute atomic E-state index is 11.9. The molecular formula is C14H17N3O. The summed E-state index contributed by atoms with van der Waals surface area (Å²) in [4.78, 5) is 11.9. The molecule has 2 rings (SSSR count). The fraction of sp³-hybridized carbons (Fsp3) is 0.286. The summed E-state index contributed by atoms with van der Waals surface area (Å²) in [6, 6.07) is 11.9. The normalized spacial score (nSPS) is 10.3. The van der Waals surface area contributed by atoms with Gasteiger partial charge in [-0.3, -0.25) is 9.48 Å². The van der Waals surface area contributed by atoms with Crippen LogP contribution in [0.15, 0.2) is 36.4 Å². The Labute approximate surface area is 107 Å². The van der Waals surface area contributed by atoms with Crippen molar-refractivity contribution in [2.24, 2.45) is 7.05 Å². The van der Waals surface area contributed by atoms with Gasteiger partial charge in [-0.15, -0.1) is 0 Å². The molecule has 0 saturated heterocycles. The standard InChI is InChI=1S/C14H17N3O/c1-11-10-13(17(2)16-11)14(18)15-9-8-12-6-4-3-5-7-12/h3-7,10H,8-9H2,1-2H3,(H,15,18). The van der Waals surface area contributed by atoms with Gasteiger partial charge in [0, 0.05) is 13.6 Å². The largest absolute Gasteiger partial charge is 0.350 e. The highest BCUT2D eigenvalue weighted by molar-refractivity contribution is 5.92. The number of hydrogen-bond acceptors (Lipinski definition) is 2. The van der Waals surface area contributed by atoms with Crippen molar-refractivity contribution in [3.63, 3.8) is 0 Å². The van der Waals surface area contributed by atoms with Crippen molar-refractivity contribution in [1.29, 1.82) is 0 Å². The summed E-state index contributed by atoms with van der Waals surface area (Å²) in [6.45, 7) is 2.51. The van der Waals surface area contributed by atoms with E-state index < -0.39 is 0 Å². The number of hydrogen-bond donors (Lipinski definition) is 1. The number of nitrogens with one attached hydrogen (secondary N) is 1. The van der Waals surface area contributed by atoms with E-state index in [0.717, 1.165) is 12.1 Å². The van der Waals surface area contributed by atoms with Crippen LogP contribution in [0.25, 0.3) is 0 Å². The van der Waals surface area contributed by atoms with E-state index in [-0.39, 0.29) is 5.91 Å². The van der Waals surface area contributed by atoms with Crippen LogP contribution in [-0.4, -0.2) is 22.2 Å². The fourth-order valence-corrected chi connectivity index (χ4v) is 1.88. The van der Waals surface area contributed by atoms with Gasteiger partial charge < -0.3 is 5.32 Å². The topological polar surface area (TPSA) is 46.9 Å². The summed E-state index contributed by atoms with van der Waals surface area (Å²) >= 11 is 0. The predicted molar refractivity (Wildman–Crippen MR) is 70.4 cm³/mol. The molecule has 0 unspecified atom stereocenters. The molecular weight excluding hydrogens is 226 g/mol. The summed E-state index contributed by atoms with van der Waals surface area (Å²) in [5.74, 6) is -0.0750. The maximum Gasteiger partial charge on any atom is 0.269 e.